The molecule has 3 aromatic rings. The van der Waals surface area contributed by atoms with Crippen molar-refractivity contribution in [2.75, 3.05) is 45.1 Å². The molecule has 6 rings (SSSR count). The van der Waals surface area contributed by atoms with Gasteiger partial charge in [0.1, 0.15) is 0 Å². The quantitative estimate of drug-likeness (QED) is 0.478. The standard InChI is InChI=1S/C30H33N5O4S/c1-19-27(31-20(2)28(19)30(37)34-14-12-33(3)13-15-34)17-25-24-16-23(8-9-26(24)32-29(25)36)40(38,39)35-11-10-21-6-4-5-7-22(21)18-35/h4-9,16-17,31H,10-15,18H2,1-3H3,(H,32,36)/b25-17-. The van der Waals surface area contributed by atoms with Crippen LogP contribution in [0.1, 0.15) is 44.0 Å². The Labute approximate surface area is 234 Å². The molecule has 2 N–H and O–H groups in total. The van der Waals surface area contributed by atoms with Gasteiger partial charge in [-0.05, 0) is 68.3 Å². The van der Waals surface area contributed by atoms with Gasteiger partial charge in [-0.1, -0.05) is 24.3 Å². The molecule has 4 heterocycles. The van der Waals surface area contributed by atoms with Crippen molar-refractivity contribution in [3.05, 3.63) is 81.7 Å². The van der Waals surface area contributed by atoms with E-state index in [1.807, 2.05) is 50.1 Å². The number of amides is 2. The molecule has 3 aliphatic heterocycles. The van der Waals surface area contributed by atoms with Gasteiger partial charge in [0.2, 0.25) is 10.0 Å². The van der Waals surface area contributed by atoms with Crippen LogP contribution in [0.25, 0.3) is 11.6 Å². The first-order valence-corrected chi connectivity index (χ1v) is 15.0. The molecule has 0 saturated carbocycles. The van der Waals surface area contributed by atoms with Gasteiger partial charge in [-0.25, -0.2) is 8.42 Å². The number of carbonyl (C=O) groups excluding carboxylic acids is 2. The van der Waals surface area contributed by atoms with Gasteiger partial charge < -0.3 is 20.1 Å². The second-order valence-corrected chi connectivity index (χ2v) is 12.8. The lowest BCUT2D eigenvalue weighted by atomic mass is 10.0. The molecule has 208 valence electrons. The molecule has 0 unspecified atom stereocenters. The highest BCUT2D eigenvalue weighted by molar-refractivity contribution is 7.89. The predicted molar refractivity (Wildman–Crippen MR) is 154 cm³/mol. The summed E-state index contributed by atoms with van der Waals surface area (Å²) in [6.45, 7) is 7.47. The lowest BCUT2D eigenvalue weighted by molar-refractivity contribution is -0.110. The summed E-state index contributed by atoms with van der Waals surface area (Å²) in [5, 5.41) is 2.85. The molecule has 2 amide bonds. The minimum atomic E-state index is -3.77. The van der Waals surface area contributed by atoms with E-state index in [1.165, 1.54) is 9.87 Å². The van der Waals surface area contributed by atoms with Crippen LogP contribution in [0.15, 0.2) is 47.4 Å². The summed E-state index contributed by atoms with van der Waals surface area (Å²) in [5.74, 6) is -0.327. The number of rotatable bonds is 4. The summed E-state index contributed by atoms with van der Waals surface area (Å²) in [6, 6.07) is 12.7. The fourth-order valence-corrected chi connectivity index (χ4v) is 7.29. The third-order valence-corrected chi connectivity index (χ3v) is 10.1. The number of benzene rings is 2. The zero-order valence-corrected chi connectivity index (χ0v) is 23.8. The number of hydrogen-bond acceptors (Lipinski definition) is 5. The van der Waals surface area contributed by atoms with Gasteiger partial charge in [0.15, 0.2) is 0 Å². The molecule has 1 aromatic heterocycles. The Morgan fingerprint density at radius 1 is 0.975 bits per heavy atom. The van der Waals surface area contributed by atoms with Crippen LogP contribution in [-0.2, 0) is 27.8 Å². The van der Waals surface area contributed by atoms with Crippen LogP contribution in [0, 0.1) is 13.8 Å². The third-order valence-electron chi connectivity index (χ3n) is 8.28. The third kappa shape index (κ3) is 4.55. The van der Waals surface area contributed by atoms with E-state index in [2.05, 4.69) is 15.2 Å². The molecule has 0 radical (unpaired) electrons. The average Bonchev–Trinajstić information content (AvgIpc) is 3.41. The zero-order valence-electron chi connectivity index (χ0n) is 23.0. The summed E-state index contributed by atoms with van der Waals surface area (Å²) in [5.41, 5.74) is 6.43. The lowest BCUT2D eigenvalue weighted by Crippen LogP contribution is -2.47. The van der Waals surface area contributed by atoms with E-state index in [0.29, 0.717) is 60.7 Å². The number of carbonyl (C=O) groups is 2. The second kappa shape index (κ2) is 10.0. The van der Waals surface area contributed by atoms with Crippen LogP contribution < -0.4 is 5.32 Å². The van der Waals surface area contributed by atoms with E-state index >= 15 is 0 Å². The number of aryl methyl sites for hydroxylation is 1. The number of aromatic amines is 1. The van der Waals surface area contributed by atoms with Crippen molar-refractivity contribution in [3.63, 3.8) is 0 Å². The molecule has 0 aliphatic carbocycles. The summed E-state index contributed by atoms with van der Waals surface area (Å²) >= 11 is 0. The highest BCUT2D eigenvalue weighted by Crippen LogP contribution is 2.37. The molecular weight excluding hydrogens is 526 g/mol. The molecule has 10 heteroatoms. The van der Waals surface area contributed by atoms with Crippen molar-refractivity contribution in [3.8, 4) is 0 Å². The van der Waals surface area contributed by atoms with Crippen LogP contribution in [-0.4, -0.2) is 79.1 Å². The smallest absolute Gasteiger partial charge is 0.256 e. The summed E-state index contributed by atoms with van der Waals surface area (Å²) in [4.78, 5) is 33.9. The molecule has 9 nitrogen and oxygen atoms in total. The normalized spacial score (nSPS) is 19.0. The van der Waals surface area contributed by atoms with Gasteiger partial charge in [0.05, 0.1) is 16.0 Å². The fraction of sp³-hybridized carbons (Fsp3) is 0.333. The van der Waals surface area contributed by atoms with E-state index in [1.54, 1.807) is 24.3 Å². The number of piperazine rings is 1. The molecule has 3 aliphatic rings. The van der Waals surface area contributed by atoms with Gasteiger partial charge in [-0.3, -0.25) is 9.59 Å². The zero-order chi connectivity index (χ0) is 28.2. The molecule has 2 aromatic carbocycles. The SMILES string of the molecule is Cc1[nH]c(/C=C2\C(=O)Nc3ccc(S(=O)(=O)N4CCc5ccccc5C4)cc32)c(C)c1C(=O)N1CCN(C)CC1. The van der Waals surface area contributed by atoms with E-state index in [-0.39, 0.29) is 16.7 Å². The van der Waals surface area contributed by atoms with Gasteiger partial charge in [-0.2, -0.15) is 4.31 Å². The van der Waals surface area contributed by atoms with E-state index in [0.717, 1.165) is 29.9 Å². The number of sulfonamides is 1. The Bertz CT molecular complexity index is 1660. The Hall–Kier alpha value is -3.73. The Kier molecular flexibility index (Phi) is 6.64. The predicted octanol–water partition coefficient (Wildman–Crippen LogP) is 3.26. The number of nitrogens with one attached hydrogen (secondary N) is 2. The van der Waals surface area contributed by atoms with E-state index in [4.69, 9.17) is 0 Å². The number of aromatic nitrogens is 1. The van der Waals surface area contributed by atoms with Gasteiger partial charge in [-0.15, -0.1) is 0 Å². The Morgan fingerprint density at radius 2 is 1.70 bits per heavy atom. The number of fused-ring (bicyclic) bond motifs is 2. The van der Waals surface area contributed by atoms with Crippen LogP contribution >= 0.6 is 0 Å². The van der Waals surface area contributed by atoms with Crippen molar-refractivity contribution < 1.29 is 18.0 Å². The first kappa shape index (κ1) is 26.5. The van der Waals surface area contributed by atoms with Crippen LogP contribution in [0.2, 0.25) is 0 Å². The summed E-state index contributed by atoms with van der Waals surface area (Å²) in [6.07, 6.45) is 2.38. The minimum absolute atomic E-state index is 0.0169. The molecule has 1 fully saturated rings. The van der Waals surface area contributed by atoms with Crippen LogP contribution in [0.4, 0.5) is 5.69 Å². The largest absolute Gasteiger partial charge is 0.358 e. The number of anilines is 1. The fourth-order valence-electron chi connectivity index (χ4n) is 5.85. The second-order valence-electron chi connectivity index (χ2n) is 10.8. The van der Waals surface area contributed by atoms with Crippen molar-refractivity contribution in [2.24, 2.45) is 0 Å². The topological polar surface area (TPSA) is 106 Å². The Morgan fingerprint density at radius 3 is 2.45 bits per heavy atom. The van der Waals surface area contributed by atoms with Gasteiger partial charge >= 0.3 is 0 Å². The maximum Gasteiger partial charge on any atom is 0.256 e. The highest BCUT2D eigenvalue weighted by atomic mass is 32.2. The molecule has 40 heavy (non-hydrogen) atoms. The van der Waals surface area contributed by atoms with Crippen molar-refractivity contribution in [1.82, 2.24) is 19.1 Å². The van der Waals surface area contributed by atoms with Crippen molar-refractivity contribution >= 4 is 39.2 Å². The number of nitrogens with zero attached hydrogens (tertiary/aromatic N) is 3. The van der Waals surface area contributed by atoms with E-state index in [9.17, 15) is 18.0 Å². The lowest BCUT2D eigenvalue weighted by Gasteiger charge is -2.32. The van der Waals surface area contributed by atoms with Gasteiger partial charge in [0.25, 0.3) is 11.8 Å². The molecule has 0 spiro atoms. The van der Waals surface area contributed by atoms with E-state index < -0.39 is 10.0 Å². The highest BCUT2D eigenvalue weighted by Gasteiger charge is 2.32. The number of H-pyrrole nitrogens is 1. The first-order valence-electron chi connectivity index (χ1n) is 13.5. The average molecular weight is 560 g/mol. The monoisotopic (exact) mass is 559 g/mol. The minimum Gasteiger partial charge on any atom is -0.358 e. The first-order chi connectivity index (χ1) is 19.1. The van der Waals surface area contributed by atoms with Crippen LogP contribution in [0.3, 0.4) is 0 Å². The number of likely N-dealkylation sites (N-methyl/N-ethyl adjacent to an activating group) is 1. The van der Waals surface area contributed by atoms with Gasteiger partial charge in [0, 0.05) is 61.9 Å². The maximum atomic E-state index is 13.6. The molecular formula is C30H33N5O4S. The summed E-state index contributed by atoms with van der Waals surface area (Å²) in [7, 11) is -1.73. The molecule has 0 bridgehead atoms. The molecule has 1 saturated heterocycles. The van der Waals surface area contributed by atoms with Crippen LogP contribution in [0.5, 0.6) is 0 Å². The number of hydrogen-bond donors (Lipinski definition) is 2. The summed E-state index contributed by atoms with van der Waals surface area (Å²) < 4.78 is 28.8. The van der Waals surface area contributed by atoms with Crippen molar-refractivity contribution in [1.29, 1.82) is 0 Å². The molecule has 0 atom stereocenters. The van der Waals surface area contributed by atoms with Crippen molar-refractivity contribution in [2.45, 2.75) is 31.7 Å². The Balaban J connectivity index is 1.31. The maximum absolute atomic E-state index is 13.6.